The normalized spacial score (nSPS) is 22.3. The fourth-order valence-electron chi connectivity index (χ4n) is 3.06. The quantitative estimate of drug-likeness (QED) is 0.905. The number of fused-ring (bicyclic) bond motifs is 1. The first kappa shape index (κ1) is 16.4. The molecule has 23 heavy (non-hydrogen) atoms. The summed E-state index contributed by atoms with van der Waals surface area (Å²) in [5, 5.41) is 9.93. The van der Waals surface area contributed by atoms with E-state index in [2.05, 4.69) is 11.8 Å². The highest BCUT2D eigenvalue weighted by Gasteiger charge is 2.29. The number of hydrogen-bond acceptors (Lipinski definition) is 5. The van der Waals surface area contributed by atoms with E-state index in [-0.39, 0.29) is 24.8 Å². The van der Waals surface area contributed by atoms with E-state index < -0.39 is 0 Å². The van der Waals surface area contributed by atoms with E-state index in [9.17, 15) is 9.90 Å². The summed E-state index contributed by atoms with van der Waals surface area (Å²) in [6.07, 6.45) is -0.368. The van der Waals surface area contributed by atoms with Gasteiger partial charge in [-0.3, -0.25) is 9.69 Å². The van der Waals surface area contributed by atoms with Crippen LogP contribution in [-0.4, -0.2) is 65.9 Å². The van der Waals surface area contributed by atoms with Gasteiger partial charge in [-0.15, -0.1) is 0 Å². The molecule has 1 amide bonds. The molecule has 2 aliphatic heterocycles. The Morgan fingerprint density at radius 2 is 2.22 bits per heavy atom. The molecule has 1 aromatic carbocycles. The van der Waals surface area contributed by atoms with E-state index in [4.69, 9.17) is 21.1 Å². The van der Waals surface area contributed by atoms with Gasteiger partial charge in [-0.05, 0) is 26.0 Å². The van der Waals surface area contributed by atoms with Crippen LogP contribution in [0.25, 0.3) is 0 Å². The van der Waals surface area contributed by atoms with Crippen molar-refractivity contribution in [2.45, 2.75) is 26.0 Å². The fraction of sp³-hybridized carbons (Fsp3) is 0.562. The number of halogens is 1. The predicted octanol–water partition coefficient (Wildman–Crippen LogP) is 1.60. The van der Waals surface area contributed by atoms with Gasteiger partial charge < -0.3 is 19.5 Å². The summed E-state index contributed by atoms with van der Waals surface area (Å²) in [6.45, 7) is 6.59. The lowest BCUT2D eigenvalue weighted by molar-refractivity contribution is 0.0365. The van der Waals surface area contributed by atoms with Crippen molar-refractivity contribution in [3.63, 3.8) is 0 Å². The Hall–Kier alpha value is -1.50. The van der Waals surface area contributed by atoms with Crippen LogP contribution in [0.2, 0.25) is 5.02 Å². The monoisotopic (exact) mass is 340 g/mol. The van der Waals surface area contributed by atoms with Crippen molar-refractivity contribution < 1.29 is 19.4 Å². The minimum atomic E-state index is -0.368. The first-order valence-corrected chi connectivity index (χ1v) is 8.14. The highest BCUT2D eigenvalue weighted by atomic mass is 35.5. The van der Waals surface area contributed by atoms with E-state index in [1.54, 1.807) is 19.1 Å². The largest absolute Gasteiger partial charge is 0.454 e. The van der Waals surface area contributed by atoms with Crippen LogP contribution in [0.3, 0.4) is 0 Å². The molecule has 0 spiro atoms. The van der Waals surface area contributed by atoms with Crippen molar-refractivity contribution in [3.8, 4) is 11.5 Å². The van der Waals surface area contributed by atoms with Gasteiger partial charge in [0.15, 0.2) is 11.5 Å². The van der Waals surface area contributed by atoms with Crippen molar-refractivity contribution in [2.24, 2.45) is 0 Å². The summed E-state index contributed by atoms with van der Waals surface area (Å²) < 4.78 is 10.6. The van der Waals surface area contributed by atoms with E-state index in [0.717, 1.165) is 6.54 Å². The third-order valence-electron chi connectivity index (χ3n) is 4.23. The molecule has 1 saturated heterocycles. The summed E-state index contributed by atoms with van der Waals surface area (Å²) in [5.41, 5.74) is 0.510. The maximum Gasteiger partial charge on any atom is 0.254 e. The van der Waals surface area contributed by atoms with Gasteiger partial charge in [-0.25, -0.2) is 0 Å². The summed E-state index contributed by atoms with van der Waals surface area (Å²) >= 11 is 6.16. The van der Waals surface area contributed by atoms with Crippen LogP contribution in [-0.2, 0) is 0 Å². The molecule has 2 atom stereocenters. The van der Waals surface area contributed by atoms with Gasteiger partial charge in [-0.1, -0.05) is 11.6 Å². The predicted molar refractivity (Wildman–Crippen MR) is 86.2 cm³/mol. The van der Waals surface area contributed by atoms with E-state index in [1.807, 2.05) is 4.90 Å². The van der Waals surface area contributed by atoms with E-state index in [1.165, 1.54) is 0 Å². The van der Waals surface area contributed by atoms with Crippen molar-refractivity contribution in [1.82, 2.24) is 9.80 Å². The summed E-state index contributed by atoms with van der Waals surface area (Å²) in [7, 11) is 0. The Morgan fingerprint density at radius 1 is 1.43 bits per heavy atom. The molecular formula is C16H21ClN2O4. The zero-order chi connectivity index (χ0) is 16.6. The molecule has 0 aromatic heterocycles. The maximum absolute atomic E-state index is 12.7. The SMILES string of the molecule is C[C@@H]1CN(C(=O)c2cc(Cl)c3c(c2)OCO3)CCN1C[C@@H](C)O. The van der Waals surface area contributed by atoms with Gasteiger partial charge in [-0.2, -0.15) is 0 Å². The molecule has 1 aromatic rings. The van der Waals surface area contributed by atoms with Gasteiger partial charge >= 0.3 is 0 Å². The third-order valence-corrected chi connectivity index (χ3v) is 4.51. The zero-order valence-corrected chi connectivity index (χ0v) is 14.0. The van der Waals surface area contributed by atoms with Gasteiger partial charge in [0, 0.05) is 37.8 Å². The molecular weight excluding hydrogens is 320 g/mol. The summed E-state index contributed by atoms with van der Waals surface area (Å²) in [5.74, 6) is 0.953. The molecule has 0 radical (unpaired) electrons. The lowest BCUT2D eigenvalue weighted by atomic mass is 10.1. The number of ether oxygens (including phenoxy) is 2. The number of hydrogen-bond donors (Lipinski definition) is 1. The molecule has 0 bridgehead atoms. The van der Waals surface area contributed by atoms with E-state index >= 15 is 0 Å². The van der Waals surface area contributed by atoms with Crippen LogP contribution in [0.4, 0.5) is 0 Å². The number of carbonyl (C=O) groups is 1. The topological polar surface area (TPSA) is 62.2 Å². The molecule has 2 heterocycles. The zero-order valence-electron chi connectivity index (χ0n) is 13.3. The number of benzene rings is 1. The number of aliphatic hydroxyl groups excluding tert-OH is 1. The Bertz CT molecular complexity index is 608. The molecule has 2 aliphatic rings. The van der Waals surface area contributed by atoms with Crippen molar-refractivity contribution in [1.29, 1.82) is 0 Å². The second kappa shape index (κ2) is 6.55. The number of aliphatic hydroxyl groups is 1. The Labute approximate surface area is 140 Å². The Morgan fingerprint density at radius 3 is 2.91 bits per heavy atom. The van der Waals surface area contributed by atoms with Crippen LogP contribution in [0, 0.1) is 0 Å². The minimum Gasteiger partial charge on any atom is -0.454 e. The molecule has 1 fully saturated rings. The summed E-state index contributed by atoms with van der Waals surface area (Å²) in [6, 6.07) is 3.51. The van der Waals surface area contributed by atoms with Gasteiger partial charge in [0.25, 0.3) is 5.91 Å². The van der Waals surface area contributed by atoms with Gasteiger partial charge in [0.05, 0.1) is 11.1 Å². The number of amides is 1. The molecule has 126 valence electrons. The van der Waals surface area contributed by atoms with Crippen LogP contribution in [0.5, 0.6) is 11.5 Å². The average molecular weight is 341 g/mol. The Balaban J connectivity index is 1.71. The molecule has 3 rings (SSSR count). The molecule has 0 saturated carbocycles. The highest BCUT2D eigenvalue weighted by molar-refractivity contribution is 6.32. The fourth-order valence-corrected chi connectivity index (χ4v) is 3.33. The van der Waals surface area contributed by atoms with Gasteiger partial charge in [0.2, 0.25) is 6.79 Å². The van der Waals surface area contributed by atoms with Crippen LogP contribution in [0.15, 0.2) is 12.1 Å². The van der Waals surface area contributed by atoms with Crippen molar-refractivity contribution in [2.75, 3.05) is 33.0 Å². The second-order valence-electron chi connectivity index (χ2n) is 6.14. The molecule has 0 unspecified atom stereocenters. The standard InChI is InChI=1S/C16H21ClN2O4/c1-10-7-19(4-3-18(10)8-11(2)20)16(21)12-5-13(17)15-14(6-12)22-9-23-15/h5-6,10-11,20H,3-4,7-9H2,1-2H3/t10-,11-/m1/s1. The van der Waals surface area contributed by atoms with Crippen molar-refractivity contribution >= 4 is 17.5 Å². The number of nitrogens with zero attached hydrogens (tertiary/aromatic N) is 2. The Kier molecular flexibility index (Phi) is 4.66. The molecule has 0 aliphatic carbocycles. The first-order valence-electron chi connectivity index (χ1n) is 7.76. The minimum absolute atomic E-state index is 0.0613. The molecule has 1 N–H and O–H groups in total. The number of piperazine rings is 1. The first-order chi connectivity index (χ1) is 11.0. The number of β-amino-alcohol motifs (C(OH)–C–C–N with tert-alkyl or cyclic N) is 1. The summed E-state index contributed by atoms with van der Waals surface area (Å²) in [4.78, 5) is 16.7. The second-order valence-corrected chi connectivity index (χ2v) is 6.54. The van der Waals surface area contributed by atoms with E-state index in [0.29, 0.717) is 41.7 Å². The number of carbonyl (C=O) groups excluding carboxylic acids is 1. The number of rotatable bonds is 3. The van der Waals surface area contributed by atoms with Crippen LogP contribution >= 0.6 is 11.6 Å². The lowest BCUT2D eigenvalue weighted by Crippen LogP contribution is -2.54. The highest BCUT2D eigenvalue weighted by Crippen LogP contribution is 2.40. The van der Waals surface area contributed by atoms with Crippen molar-refractivity contribution in [3.05, 3.63) is 22.7 Å². The van der Waals surface area contributed by atoms with Crippen LogP contribution in [0.1, 0.15) is 24.2 Å². The smallest absolute Gasteiger partial charge is 0.254 e. The third kappa shape index (κ3) is 3.39. The lowest BCUT2D eigenvalue weighted by Gasteiger charge is -2.40. The molecule has 6 nitrogen and oxygen atoms in total. The van der Waals surface area contributed by atoms with Crippen LogP contribution < -0.4 is 9.47 Å². The average Bonchev–Trinajstić information content (AvgIpc) is 2.97. The maximum atomic E-state index is 12.7. The molecule has 7 heteroatoms. The van der Waals surface area contributed by atoms with Gasteiger partial charge in [0.1, 0.15) is 0 Å².